The number of quaternary nitrogens is 1. The highest BCUT2D eigenvalue weighted by molar-refractivity contribution is 7.45. The highest BCUT2D eigenvalue weighted by Crippen LogP contribution is 2.38. The highest BCUT2D eigenvalue weighted by atomic mass is 31.2. The molecule has 0 heterocycles. The van der Waals surface area contributed by atoms with E-state index in [1.807, 2.05) is 27.2 Å². The normalized spacial score (nSPS) is 14.0. The molecule has 0 aromatic carbocycles. The smallest absolute Gasteiger partial charge is 0.268 e. The van der Waals surface area contributed by atoms with Gasteiger partial charge in [0.2, 0.25) is 5.91 Å². The first-order valence-electron chi connectivity index (χ1n) is 30.2. The van der Waals surface area contributed by atoms with E-state index in [1.165, 1.54) is 244 Å². The number of carbonyl (C=O) groups excluding carboxylic acids is 1. The van der Waals surface area contributed by atoms with Crippen LogP contribution in [0, 0.1) is 0 Å². The zero-order valence-electron chi connectivity index (χ0n) is 46.8. The molecule has 0 bridgehead atoms. The van der Waals surface area contributed by atoms with Gasteiger partial charge in [0, 0.05) is 6.42 Å². The summed E-state index contributed by atoms with van der Waals surface area (Å²) >= 11 is 0. The van der Waals surface area contributed by atoms with Crippen molar-refractivity contribution in [2.75, 3.05) is 40.9 Å². The Kier molecular flexibility index (Phi) is 51.1. The van der Waals surface area contributed by atoms with Crippen LogP contribution >= 0.6 is 7.82 Å². The molecule has 69 heavy (non-hydrogen) atoms. The van der Waals surface area contributed by atoms with Gasteiger partial charge in [0.15, 0.2) is 0 Å². The summed E-state index contributed by atoms with van der Waals surface area (Å²) in [4.78, 5) is 25.5. The molecule has 8 nitrogen and oxygen atoms in total. The van der Waals surface area contributed by atoms with Crippen LogP contribution < -0.4 is 10.2 Å². The predicted octanol–water partition coefficient (Wildman–Crippen LogP) is 17.7. The third-order valence-electron chi connectivity index (χ3n) is 13.9. The number of nitrogens with one attached hydrogen (secondary N) is 1. The van der Waals surface area contributed by atoms with Gasteiger partial charge in [-0.1, -0.05) is 276 Å². The van der Waals surface area contributed by atoms with Crippen molar-refractivity contribution in [3.8, 4) is 0 Å². The first kappa shape index (κ1) is 68.0. The fraction of sp³-hybridized carbons (Fsp3) is 0.917. The van der Waals surface area contributed by atoms with Crippen LogP contribution in [0.1, 0.15) is 303 Å². The molecular weight excluding hydrogens is 876 g/mol. The topological polar surface area (TPSA) is 108 Å². The molecule has 0 spiro atoms. The lowest BCUT2D eigenvalue weighted by molar-refractivity contribution is -0.870. The van der Waals surface area contributed by atoms with Gasteiger partial charge >= 0.3 is 0 Å². The van der Waals surface area contributed by atoms with Crippen LogP contribution in [-0.4, -0.2) is 68.5 Å². The molecule has 410 valence electrons. The van der Waals surface area contributed by atoms with Crippen LogP contribution in [0.4, 0.5) is 0 Å². The molecular formula is C60H119N2O6P. The Morgan fingerprint density at radius 1 is 0.493 bits per heavy atom. The molecule has 9 heteroatoms. The Morgan fingerprint density at radius 2 is 0.797 bits per heavy atom. The largest absolute Gasteiger partial charge is 0.756 e. The molecule has 1 amide bonds. The summed E-state index contributed by atoms with van der Waals surface area (Å²) in [5, 5.41) is 13.9. The van der Waals surface area contributed by atoms with Crippen molar-refractivity contribution in [3.63, 3.8) is 0 Å². The van der Waals surface area contributed by atoms with Crippen LogP contribution in [0.15, 0.2) is 24.3 Å². The molecule has 0 saturated carbocycles. The average molecular weight is 996 g/mol. The van der Waals surface area contributed by atoms with Gasteiger partial charge in [0.1, 0.15) is 13.2 Å². The predicted molar refractivity (Wildman–Crippen MR) is 298 cm³/mol. The van der Waals surface area contributed by atoms with E-state index in [2.05, 4.69) is 31.3 Å². The SMILES string of the molecule is CCCCCCCCCC/C=C\CCCCCCCCCCCCCCCCCC(=O)NC(COP(=O)([O-])OCC[N+](C)(C)C)C(O)/C=C/CCCCCCCCCCCCCCCCCCCC. The minimum atomic E-state index is -4.60. The van der Waals surface area contributed by atoms with Gasteiger partial charge < -0.3 is 28.8 Å². The third kappa shape index (κ3) is 54.6. The summed E-state index contributed by atoms with van der Waals surface area (Å²) in [6, 6.07) is -0.884. The Hall–Kier alpha value is -1.02. The van der Waals surface area contributed by atoms with Crippen molar-refractivity contribution < 1.29 is 32.9 Å². The third-order valence-corrected chi connectivity index (χ3v) is 14.9. The Bertz CT molecular complexity index is 1170. The summed E-state index contributed by atoms with van der Waals surface area (Å²) in [5.74, 6) is -0.192. The first-order valence-corrected chi connectivity index (χ1v) is 31.7. The second kappa shape index (κ2) is 51.9. The van der Waals surface area contributed by atoms with Crippen molar-refractivity contribution >= 4 is 13.7 Å². The number of aliphatic hydroxyl groups is 1. The number of amides is 1. The van der Waals surface area contributed by atoms with Crippen molar-refractivity contribution in [2.24, 2.45) is 0 Å². The van der Waals surface area contributed by atoms with E-state index in [9.17, 15) is 19.4 Å². The van der Waals surface area contributed by atoms with E-state index in [0.717, 1.165) is 38.5 Å². The van der Waals surface area contributed by atoms with Crippen molar-refractivity contribution in [2.45, 2.75) is 315 Å². The average Bonchev–Trinajstić information content (AvgIpc) is 3.31. The summed E-state index contributed by atoms with van der Waals surface area (Å²) in [6.45, 7) is 4.69. The number of hydrogen-bond acceptors (Lipinski definition) is 6. The number of aliphatic hydroxyl groups excluding tert-OH is 1. The second-order valence-electron chi connectivity index (χ2n) is 22.1. The highest BCUT2D eigenvalue weighted by Gasteiger charge is 2.23. The van der Waals surface area contributed by atoms with Gasteiger partial charge in [-0.15, -0.1) is 0 Å². The van der Waals surface area contributed by atoms with Gasteiger partial charge in [0.05, 0.1) is 39.9 Å². The standard InChI is InChI=1S/C60H119N2O6P/c1-6-8-10-12-14-16-18-20-22-24-26-28-29-30-31-32-33-34-36-38-40-42-44-46-48-50-52-54-60(64)61-58(57-68-69(65,66)67-56-55-62(3,4)5)59(63)53-51-49-47-45-43-41-39-37-35-27-25-23-21-19-17-15-13-11-9-7-2/h24,26,51,53,58-59,63H,6-23,25,27-50,52,54-57H2,1-5H3,(H-,61,64,65,66)/b26-24-,53-51+. The van der Waals surface area contributed by atoms with Crippen LogP contribution in [0.2, 0.25) is 0 Å². The number of allylic oxidation sites excluding steroid dienone is 3. The lowest BCUT2D eigenvalue weighted by atomic mass is 10.0. The quantitative estimate of drug-likeness (QED) is 0.0272. The van der Waals surface area contributed by atoms with Gasteiger partial charge in [0.25, 0.3) is 7.82 Å². The Morgan fingerprint density at radius 3 is 1.13 bits per heavy atom. The van der Waals surface area contributed by atoms with E-state index in [1.54, 1.807) is 6.08 Å². The molecule has 0 rings (SSSR count). The molecule has 0 saturated heterocycles. The Balaban J connectivity index is 4.14. The van der Waals surface area contributed by atoms with Crippen molar-refractivity contribution in [1.82, 2.24) is 5.32 Å². The van der Waals surface area contributed by atoms with E-state index in [-0.39, 0.29) is 19.1 Å². The molecule has 0 aliphatic carbocycles. The molecule has 0 aromatic rings. The molecule has 3 unspecified atom stereocenters. The number of hydrogen-bond donors (Lipinski definition) is 2. The lowest BCUT2D eigenvalue weighted by Crippen LogP contribution is -2.45. The van der Waals surface area contributed by atoms with Crippen LogP contribution in [0.3, 0.4) is 0 Å². The number of carbonyl (C=O) groups is 1. The zero-order chi connectivity index (χ0) is 50.6. The molecule has 2 N–H and O–H groups in total. The van der Waals surface area contributed by atoms with E-state index in [4.69, 9.17) is 9.05 Å². The van der Waals surface area contributed by atoms with Crippen molar-refractivity contribution in [3.05, 3.63) is 24.3 Å². The van der Waals surface area contributed by atoms with Gasteiger partial charge in [-0.3, -0.25) is 9.36 Å². The number of unbranched alkanes of at least 4 members (excludes halogenated alkanes) is 41. The maximum Gasteiger partial charge on any atom is 0.268 e. The number of nitrogens with zero attached hydrogens (tertiary/aromatic N) is 1. The maximum atomic E-state index is 13.0. The Labute approximate surface area is 430 Å². The van der Waals surface area contributed by atoms with Crippen molar-refractivity contribution in [1.29, 1.82) is 0 Å². The molecule has 0 aromatic heterocycles. The van der Waals surface area contributed by atoms with Crippen LogP contribution in [-0.2, 0) is 18.4 Å². The fourth-order valence-electron chi connectivity index (χ4n) is 9.15. The number of phosphoric ester groups is 1. The fourth-order valence-corrected chi connectivity index (χ4v) is 9.87. The lowest BCUT2D eigenvalue weighted by Gasteiger charge is -2.29. The molecule has 0 fully saturated rings. The van der Waals surface area contributed by atoms with Gasteiger partial charge in [-0.05, 0) is 44.9 Å². The summed E-state index contributed by atoms with van der Waals surface area (Å²) in [7, 11) is 1.28. The zero-order valence-corrected chi connectivity index (χ0v) is 47.7. The number of likely N-dealkylation sites (N-methyl/N-ethyl adjacent to an activating group) is 1. The van der Waals surface area contributed by atoms with Gasteiger partial charge in [-0.25, -0.2) is 0 Å². The molecule has 0 aliphatic rings. The van der Waals surface area contributed by atoms with Crippen LogP contribution in [0.25, 0.3) is 0 Å². The second-order valence-corrected chi connectivity index (χ2v) is 23.5. The monoisotopic (exact) mass is 995 g/mol. The summed E-state index contributed by atoms with van der Waals surface area (Å²) in [6.07, 6.45) is 65.4. The summed E-state index contributed by atoms with van der Waals surface area (Å²) < 4.78 is 23.4. The minimum absolute atomic E-state index is 0.00134. The molecule has 0 aliphatic heterocycles. The van der Waals surface area contributed by atoms with E-state index in [0.29, 0.717) is 17.4 Å². The van der Waals surface area contributed by atoms with Crippen LogP contribution in [0.5, 0.6) is 0 Å². The maximum absolute atomic E-state index is 13.0. The van der Waals surface area contributed by atoms with Gasteiger partial charge in [-0.2, -0.15) is 0 Å². The minimum Gasteiger partial charge on any atom is -0.756 e. The van der Waals surface area contributed by atoms with E-state index >= 15 is 0 Å². The number of phosphoric acid groups is 1. The molecule has 0 radical (unpaired) electrons. The number of rotatable bonds is 56. The van der Waals surface area contributed by atoms with E-state index < -0.39 is 20.0 Å². The molecule has 3 atom stereocenters. The first-order chi connectivity index (χ1) is 33.5. The summed E-state index contributed by atoms with van der Waals surface area (Å²) in [5.41, 5.74) is 0.